The van der Waals surface area contributed by atoms with Crippen LogP contribution in [0.15, 0.2) is 138 Å². The monoisotopic (exact) mass is 698 g/mol. The molecule has 6 aromatic rings. The van der Waals surface area contributed by atoms with E-state index in [9.17, 15) is 9.90 Å². The van der Waals surface area contributed by atoms with Crippen molar-refractivity contribution in [3.63, 3.8) is 0 Å². The summed E-state index contributed by atoms with van der Waals surface area (Å²) in [6.07, 6.45) is 0. The van der Waals surface area contributed by atoms with Crippen molar-refractivity contribution in [2.45, 2.75) is 23.0 Å². The lowest BCUT2D eigenvalue weighted by molar-refractivity contribution is 0.0698. The van der Waals surface area contributed by atoms with Gasteiger partial charge < -0.3 is 5.11 Å². The molecule has 12 bridgehead atoms. The van der Waals surface area contributed by atoms with Crippen molar-refractivity contribution in [1.82, 2.24) is 0 Å². The van der Waals surface area contributed by atoms with Crippen LogP contribution in [0.1, 0.15) is 32.6 Å². The van der Waals surface area contributed by atoms with E-state index in [0.29, 0.717) is 5.56 Å². The summed E-state index contributed by atoms with van der Waals surface area (Å²) in [5, 5.41) is 10.3. The number of aromatic carboxylic acids is 1. The number of hydrogen-bond acceptors (Lipinski definition) is 3. The lowest BCUT2D eigenvalue weighted by Crippen LogP contribution is -2.03. The van der Waals surface area contributed by atoms with Gasteiger partial charge in [-0.25, -0.2) is 4.79 Å². The number of carboxylic acid groups (broad SMARTS) is 1. The molecule has 0 aliphatic carbocycles. The molecule has 7 aliphatic heterocycles. The maximum atomic E-state index is 12.6. The largest absolute Gasteiger partial charge is 0.478 e. The van der Waals surface area contributed by atoms with Crippen LogP contribution in [0.2, 0.25) is 0 Å². The van der Waals surface area contributed by atoms with Crippen LogP contribution in [0.5, 0.6) is 0 Å². The Kier molecular flexibility index (Phi) is 9.16. The van der Waals surface area contributed by atoms with E-state index in [2.05, 4.69) is 107 Å². The van der Waals surface area contributed by atoms with Crippen molar-refractivity contribution >= 4 is 45.4 Å². The van der Waals surface area contributed by atoms with Crippen LogP contribution in [-0.4, -0.2) is 11.1 Å². The van der Waals surface area contributed by atoms with E-state index >= 15 is 0 Å². The highest BCUT2D eigenvalue weighted by Crippen LogP contribution is 2.38. The molecule has 226 valence electrons. The van der Waals surface area contributed by atoms with E-state index in [4.69, 9.17) is 0 Å². The van der Waals surface area contributed by atoms with Gasteiger partial charge >= 0.3 is 5.97 Å². The molecule has 46 heavy (non-hydrogen) atoms. The van der Waals surface area contributed by atoms with Gasteiger partial charge in [-0.3, -0.25) is 0 Å². The molecule has 0 aromatic heterocycles. The predicted octanol–water partition coefficient (Wildman–Crippen LogP) is 12.0. The predicted molar refractivity (Wildman–Crippen MR) is 199 cm³/mol. The minimum absolute atomic E-state index is 0.338. The van der Waals surface area contributed by atoms with E-state index in [1.165, 1.54) is 44.5 Å². The molecule has 13 rings (SSSR count). The molecule has 5 heteroatoms. The summed E-state index contributed by atoms with van der Waals surface area (Å²) in [7, 11) is 0. The molecule has 0 fully saturated rings. The lowest BCUT2D eigenvalue weighted by Gasteiger charge is -2.14. The van der Waals surface area contributed by atoms with Crippen LogP contribution in [0.4, 0.5) is 0 Å². The van der Waals surface area contributed by atoms with Crippen LogP contribution < -0.4 is 0 Å². The fourth-order valence-electron chi connectivity index (χ4n) is 5.94. The number of benzene rings is 6. The van der Waals surface area contributed by atoms with Gasteiger partial charge in [0, 0.05) is 27.5 Å². The van der Waals surface area contributed by atoms with E-state index in [0.717, 1.165) is 49.7 Å². The highest BCUT2D eigenvalue weighted by molar-refractivity contribution is 9.10. The van der Waals surface area contributed by atoms with Crippen molar-refractivity contribution in [3.8, 4) is 44.5 Å². The van der Waals surface area contributed by atoms with E-state index in [1.54, 1.807) is 0 Å². The number of rotatable bonds is 1. The Morgan fingerprint density at radius 1 is 0.457 bits per heavy atom. The molecule has 7 heterocycles. The Bertz CT molecular complexity index is 1870. The molecule has 0 atom stereocenters. The fourth-order valence-corrected chi connectivity index (χ4v) is 8.58. The Balaban J connectivity index is 1.22. The SMILES string of the molecule is O=C(O)c1c2cccc1-c1ccc(cc1)CSCc1ccc(cc1)-c1cccc(c1Br)-c1ccc(cc1)CSCc1ccc-2cc1. The maximum absolute atomic E-state index is 12.6. The minimum atomic E-state index is -0.916. The first-order valence-electron chi connectivity index (χ1n) is 15.2. The van der Waals surface area contributed by atoms with Crippen LogP contribution in [0.25, 0.3) is 44.5 Å². The van der Waals surface area contributed by atoms with Crippen molar-refractivity contribution < 1.29 is 9.90 Å². The normalized spacial score (nSPS) is 13.0. The molecule has 0 saturated heterocycles. The molecule has 0 saturated carbocycles. The van der Waals surface area contributed by atoms with Crippen LogP contribution in [0, 0.1) is 0 Å². The summed E-state index contributed by atoms with van der Waals surface area (Å²) >= 11 is 7.68. The van der Waals surface area contributed by atoms with Crippen molar-refractivity contribution in [1.29, 1.82) is 0 Å². The first kappa shape index (κ1) is 30.6. The molecule has 2 nitrogen and oxygen atoms in total. The second-order valence-corrected chi connectivity index (χ2v) is 14.2. The Morgan fingerprint density at radius 2 is 0.739 bits per heavy atom. The second kappa shape index (κ2) is 13.8. The van der Waals surface area contributed by atoms with Gasteiger partial charge in [-0.15, -0.1) is 0 Å². The molecular formula is C41H31BrO2S2. The minimum Gasteiger partial charge on any atom is -0.478 e. The molecule has 1 N–H and O–H groups in total. The third-order valence-corrected chi connectivity index (χ3v) is 11.4. The van der Waals surface area contributed by atoms with E-state index in [1.807, 2.05) is 66.0 Å². The van der Waals surface area contributed by atoms with Gasteiger partial charge in [0.15, 0.2) is 0 Å². The topological polar surface area (TPSA) is 37.3 Å². The number of halogens is 1. The Labute approximate surface area is 287 Å². The van der Waals surface area contributed by atoms with Gasteiger partial charge in [0.2, 0.25) is 0 Å². The Morgan fingerprint density at radius 3 is 1.04 bits per heavy atom. The van der Waals surface area contributed by atoms with Crippen LogP contribution in [0.3, 0.4) is 0 Å². The summed E-state index contributed by atoms with van der Waals surface area (Å²) in [5.41, 5.74) is 13.4. The lowest BCUT2D eigenvalue weighted by atomic mass is 9.91. The number of thioether (sulfide) groups is 2. The van der Waals surface area contributed by atoms with Crippen molar-refractivity contribution in [2.24, 2.45) is 0 Å². The third kappa shape index (κ3) is 6.59. The third-order valence-electron chi connectivity index (χ3n) is 8.41. The highest BCUT2D eigenvalue weighted by Gasteiger charge is 2.18. The van der Waals surface area contributed by atoms with Crippen molar-refractivity contribution in [3.05, 3.63) is 166 Å². The zero-order valence-electron chi connectivity index (χ0n) is 25.1. The van der Waals surface area contributed by atoms with E-state index in [-0.39, 0.29) is 0 Å². The van der Waals surface area contributed by atoms with Gasteiger partial charge in [-0.05, 0) is 82.7 Å². The summed E-state index contributed by atoms with van der Waals surface area (Å²) < 4.78 is 1.11. The van der Waals surface area contributed by atoms with Gasteiger partial charge in [-0.2, -0.15) is 23.5 Å². The van der Waals surface area contributed by atoms with Gasteiger partial charge in [0.1, 0.15) is 0 Å². The molecule has 0 amide bonds. The van der Waals surface area contributed by atoms with Crippen LogP contribution in [-0.2, 0) is 23.0 Å². The van der Waals surface area contributed by atoms with Gasteiger partial charge in [-0.1, -0.05) is 133 Å². The van der Waals surface area contributed by atoms with Crippen molar-refractivity contribution in [2.75, 3.05) is 0 Å². The fraction of sp³-hybridized carbons (Fsp3) is 0.0976. The highest BCUT2D eigenvalue weighted by atomic mass is 79.9. The molecule has 0 spiro atoms. The maximum Gasteiger partial charge on any atom is 0.336 e. The number of hydrogen-bond donors (Lipinski definition) is 1. The first-order chi connectivity index (χ1) is 22.5. The smallest absolute Gasteiger partial charge is 0.336 e. The van der Waals surface area contributed by atoms with Gasteiger partial charge in [0.25, 0.3) is 0 Å². The van der Waals surface area contributed by atoms with Gasteiger partial charge in [0.05, 0.1) is 5.56 Å². The zero-order chi connectivity index (χ0) is 31.5. The standard InChI is InChI=1S/C41H31BrO2S2/c42-40-37-5-2-6-38(40)34-21-13-30(14-22-34)26-46-24-28-9-17-32(18-10-28)36-4-1-3-35(39(36)41(43)44)31-15-7-27(8-16-31)23-45-25-29-11-19-33(37)20-12-29/h1-22H,23-26H2,(H,43,44). The summed E-state index contributed by atoms with van der Waals surface area (Å²) in [6, 6.07) is 46.6. The summed E-state index contributed by atoms with van der Waals surface area (Å²) in [5.74, 6) is 2.67. The molecule has 7 aliphatic rings. The number of carbonyl (C=O) groups is 1. The quantitative estimate of drug-likeness (QED) is 0.185. The first-order valence-corrected chi connectivity index (χ1v) is 18.3. The second-order valence-electron chi connectivity index (χ2n) is 11.5. The van der Waals surface area contributed by atoms with E-state index < -0.39 is 5.97 Å². The average molecular weight is 700 g/mol. The molecular weight excluding hydrogens is 668 g/mol. The number of carboxylic acids is 1. The molecule has 0 unspecified atom stereocenters. The molecule has 0 radical (unpaired) electrons. The average Bonchev–Trinajstić information content (AvgIpc) is 3.09. The summed E-state index contributed by atoms with van der Waals surface area (Å²) in [6.45, 7) is 0. The summed E-state index contributed by atoms with van der Waals surface area (Å²) in [4.78, 5) is 12.6. The van der Waals surface area contributed by atoms with Crippen LogP contribution >= 0.6 is 39.5 Å². The Hall–Kier alpha value is -4.03. The molecule has 6 aromatic carbocycles. The zero-order valence-corrected chi connectivity index (χ0v) is 28.3.